The third kappa shape index (κ3) is 4.08. The molecule has 2 aromatic heterocycles. The van der Waals surface area contributed by atoms with Gasteiger partial charge in [0.05, 0.1) is 5.56 Å². The van der Waals surface area contributed by atoms with Crippen molar-refractivity contribution < 1.29 is 4.52 Å². The molecule has 0 amide bonds. The van der Waals surface area contributed by atoms with Gasteiger partial charge in [0, 0.05) is 38.8 Å². The molecular formula is C20H23N5O. The summed E-state index contributed by atoms with van der Waals surface area (Å²) in [5.74, 6) is 2.29. The Balaban J connectivity index is 1.35. The Morgan fingerprint density at radius 3 is 2.62 bits per heavy atom. The molecule has 1 aliphatic heterocycles. The van der Waals surface area contributed by atoms with Gasteiger partial charge in [-0.25, -0.2) is 4.98 Å². The van der Waals surface area contributed by atoms with Crippen molar-refractivity contribution >= 4 is 5.82 Å². The molecule has 6 heteroatoms. The molecule has 6 nitrogen and oxygen atoms in total. The van der Waals surface area contributed by atoms with E-state index >= 15 is 0 Å². The zero-order chi connectivity index (χ0) is 17.6. The Labute approximate surface area is 153 Å². The van der Waals surface area contributed by atoms with Gasteiger partial charge in [-0.3, -0.25) is 0 Å². The van der Waals surface area contributed by atoms with E-state index in [-0.39, 0.29) is 0 Å². The average Bonchev–Trinajstić information content (AvgIpc) is 3.19. The summed E-state index contributed by atoms with van der Waals surface area (Å²) in [6.45, 7) is 3.97. The van der Waals surface area contributed by atoms with Gasteiger partial charge in [0.2, 0.25) is 0 Å². The van der Waals surface area contributed by atoms with Gasteiger partial charge in [0.15, 0.2) is 5.82 Å². The summed E-state index contributed by atoms with van der Waals surface area (Å²) in [6, 6.07) is 14.5. The van der Waals surface area contributed by atoms with Crippen LogP contribution < -0.4 is 10.2 Å². The molecule has 3 aromatic rings. The van der Waals surface area contributed by atoms with E-state index in [4.69, 9.17) is 4.52 Å². The van der Waals surface area contributed by atoms with Gasteiger partial charge in [-0.1, -0.05) is 35.5 Å². The highest BCUT2D eigenvalue weighted by Crippen LogP contribution is 2.20. The molecule has 0 unspecified atom stereocenters. The maximum Gasteiger partial charge on any atom is 0.259 e. The molecule has 1 saturated heterocycles. The van der Waals surface area contributed by atoms with Crippen LogP contribution in [-0.2, 0) is 12.8 Å². The number of benzene rings is 1. The number of anilines is 1. The van der Waals surface area contributed by atoms with Crippen molar-refractivity contribution in [2.75, 3.05) is 31.1 Å². The maximum atomic E-state index is 5.41. The fourth-order valence-corrected chi connectivity index (χ4v) is 3.16. The van der Waals surface area contributed by atoms with E-state index in [1.54, 1.807) is 0 Å². The lowest BCUT2D eigenvalue weighted by molar-refractivity contribution is 0.421. The maximum absolute atomic E-state index is 5.41. The molecule has 4 rings (SSSR count). The van der Waals surface area contributed by atoms with Crippen molar-refractivity contribution in [3.05, 3.63) is 60.0 Å². The summed E-state index contributed by atoms with van der Waals surface area (Å²) in [7, 11) is 0. The zero-order valence-electron chi connectivity index (χ0n) is 14.8. The molecule has 0 atom stereocenters. The number of pyridine rings is 1. The lowest BCUT2D eigenvalue weighted by Gasteiger charge is -2.28. The first-order valence-electron chi connectivity index (χ1n) is 9.17. The van der Waals surface area contributed by atoms with E-state index in [1.165, 1.54) is 5.56 Å². The third-order valence-corrected chi connectivity index (χ3v) is 4.61. The van der Waals surface area contributed by atoms with Crippen LogP contribution in [0.3, 0.4) is 0 Å². The van der Waals surface area contributed by atoms with Gasteiger partial charge < -0.3 is 14.7 Å². The molecular weight excluding hydrogens is 326 g/mol. The first kappa shape index (κ1) is 16.7. The lowest BCUT2D eigenvalue weighted by atomic mass is 10.1. The number of aromatic nitrogens is 3. The van der Waals surface area contributed by atoms with Crippen LogP contribution in [0.25, 0.3) is 11.5 Å². The van der Waals surface area contributed by atoms with Gasteiger partial charge in [0.25, 0.3) is 5.89 Å². The molecule has 1 N–H and O–H groups in total. The fourth-order valence-electron chi connectivity index (χ4n) is 3.16. The van der Waals surface area contributed by atoms with Crippen LogP contribution in [0.1, 0.15) is 17.8 Å². The number of aryl methyl sites for hydroxylation is 2. The second-order valence-electron chi connectivity index (χ2n) is 6.50. The van der Waals surface area contributed by atoms with Crippen molar-refractivity contribution in [3.8, 4) is 11.5 Å². The third-order valence-electron chi connectivity index (χ3n) is 4.61. The van der Waals surface area contributed by atoms with Gasteiger partial charge >= 0.3 is 0 Å². The van der Waals surface area contributed by atoms with Crippen molar-refractivity contribution in [3.63, 3.8) is 0 Å². The minimum absolute atomic E-state index is 0.541. The summed E-state index contributed by atoms with van der Waals surface area (Å²) in [5, 5.41) is 7.45. The Kier molecular flexibility index (Phi) is 5.21. The molecule has 3 heterocycles. The molecule has 0 aliphatic carbocycles. The molecule has 1 fully saturated rings. The molecule has 0 spiro atoms. The van der Waals surface area contributed by atoms with Crippen LogP contribution in [0, 0.1) is 0 Å². The normalized spacial score (nSPS) is 14.5. The summed E-state index contributed by atoms with van der Waals surface area (Å²) in [5.41, 5.74) is 2.20. The van der Waals surface area contributed by atoms with Crippen LogP contribution in [0.2, 0.25) is 0 Å². The number of piperazine rings is 1. The number of hydrogen-bond donors (Lipinski definition) is 1. The van der Waals surface area contributed by atoms with Crippen molar-refractivity contribution in [2.45, 2.75) is 19.3 Å². The molecule has 134 valence electrons. The summed E-state index contributed by atoms with van der Waals surface area (Å²) >= 11 is 0. The Morgan fingerprint density at radius 2 is 1.85 bits per heavy atom. The highest BCUT2D eigenvalue weighted by atomic mass is 16.5. The Morgan fingerprint density at radius 1 is 1.00 bits per heavy atom. The standard InChI is InChI=1S/C20H23N5O/c1-2-5-16(6-3-1)7-4-8-18-23-20(26-24-18)17-9-10-19(22-15-17)25-13-11-21-12-14-25/h1-3,5-6,9-10,15,21H,4,7-8,11-14H2. The highest BCUT2D eigenvalue weighted by molar-refractivity contribution is 5.54. The number of rotatable bonds is 6. The molecule has 1 aromatic carbocycles. The van der Waals surface area contributed by atoms with E-state index in [0.717, 1.165) is 62.6 Å². The SMILES string of the molecule is c1ccc(CCCc2noc(-c3ccc(N4CCNCC4)nc3)n2)cc1. The topological polar surface area (TPSA) is 67.1 Å². The van der Waals surface area contributed by atoms with Crippen molar-refractivity contribution in [2.24, 2.45) is 0 Å². The van der Waals surface area contributed by atoms with Crippen molar-refractivity contribution in [1.29, 1.82) is 0 Å². The van der Waals surface area contributed by atoms with Gasteiger partial charge in [0.1, 0.15) is 5.82 Å². The van der Waals surface area contributed by atoms with Crippen LogP contribution in [0.5, 0.6) is 0 Å². The van der Waals surface area contributed by atoms with Crippen molar-refractivity contribution in [1.82, 2.24) is 20.4 Å². The first-order chi connectivity index (χ1) is 12.9. The summed E-state index contributed by atoms with van der Waals surface area (Å²) in [6.07, 6.45) is 4.65. The number of nitrogens with zero attached hydrogens (tertiary/aromatic N) is 4. The van der Waals surface area contributed by atoms with Gasteiger partial charge in [-0.05, 0) is 30.5 Å². The van der Waals surface area contributed by atoms with E-state index in [9.17, 15) is 0 Å². The molecule has 26 heavy (non-hydrogen) atoms. The van der Waals surface area contributed by atoms with E-state index < -0.39 is 0 Å². The second kappa shape index (κ2) is 8.10. The van der Waals surface area contributed by atoms with E-state index in [1.807, 2.05) is 24.4 Å². The first-order valence-corrected chi connectivity index (χ1v) is 9.17. The van der Waals surface area contributed by atoms with Crippen LogP contribution in [0.4, 0.5) is 5.82 Å². The monoisotopic (exact) mass is 349 g/mol. The number of hydrogen-bond acceptors (Lipinski definition) is 6. The number of nitrogens with one attached hydrogen (secondary N) is 1. The van der Waals surface area contributed by atoms with Gasteiger partial charge in [-0.15, -0.1) is 0 Å². The molecule has 0 bridgehead atoms. The minimum Gasteiger partial charge on any atom is -0.354 e. The lowest BCUT2D eigenvalue weighted by Crippen LogP contribution is -2.43. The highest BCUT2D eigenvalue weighted by Gasteiger charge is 2.13. The average molecular weight is 349 g/mol. The van der Waals surface area contributed by atoms with E-state index in [2.05, 4.69) is 49.6 Å². The summed E-state index contributed by atoms with van der Waals surface area (Å²) < 4.78 is 5.41. The van der Waals surface area contributed by atoms with Crippen LogP contribution in [0.15, 0.2) is 53.2 Å². The molecule has 0 saturated carbocycles. The molecule has 1 aliphatic rings. The smallest absolute Gasteiger partial charge is 0.259 e. The quantitative estimate of drug-likeness (QED) is 0.738. The van der Waals surface area contributed by atoms with Gasteiger partial charge in [-0.2, -0.15) is 4.98 Å². The minimum atomic E-state index is 0.541. The predicted molar refractivity (Wildman–Crippen MR) is 101 cm³/mol. The Hall–Kier alpha value is -2.73. The second-order valence-corrected chi connectivity index (χ2v) is 6.50. The van der Waals surface area contributed by atoms with Crippen LogP contribution >= 0.6 is 0 Å². The Bertz CT molecular complexity index is 810. The zero-order valence-corrected chi connectivity index (χ0v) is 14.8. The van der Waals surface area contributed by atoms with Crippen LogP contribution in [-0.4, -0.2) is 41.3 Å². The fraction of sp³-hybridized carbons (Fsp3) is 0.350. The predicted octanol–water partition coefficient (Wildman–Crippen LogP) is 2.72. The largest absolute Gasteiger partial charge is 0.354 e. The van der Waals surface area contributed by atoms with E-state index in [0.29, 0.717) is 5.89 Å². The summed E-state index contributed by atoms with van der Waals surface area (Å²) in [4.78, 5) is 11.4. The molecule has 0 radical (unpaired) electrons.